The molecule has 0 aromatic carbocycles. The second-order valence-corrected chi connectivity index (χ2v) is 6.63. The molecule has 16 heavy (non-hydrogen) atoms. The van der Waals surface area contributed by atoms with Crippen LogP contribution in [0.15, 0.2) is 6.07 Å². The van der Waals surface area contributed by atoms with Crippen LogP contribution in [0.2, 0.25) is 4.34 Å². The lowest BCUT2D eigenvalue weighted by Crippen LogP contribution is -2.10. The third-order valence-electron chi connectivity index (χ3n) is 3.60. The second-order valence-electron chi connectivity index (χ2n) is 4.94. The molecule has 1 aliphatic rings. The Balaban J connectivity index is 1.84. The van der Waals surface area contributed by atoms with E-state index in [2.05, 4.69) is 6.07 Å². The molecule has 1 aliphatic carbocycles. The van der Waals surface area contributed by atoms with E-state index in [4.69, 9.17) is 17.3 Å². The Morgan fingerprint density at radius 1 is 1.50 bits per heavy atom. The Bertz CT molecular complexity index is 322. The van der Waals surface area contributed by atoms with E-state index in [0.29, 0.717) is 0 Å². The Morgan fingerprint density at radius 3 is 2.75 bits per heavy atom. The van der Waals surface area contributed by atoms with Gasteiger partial charge in [-0.3, -0.25) is 0 Å². The molecule has 0 spiro atoms. The standard InChI is InChI=1S/C13H20ClNS/c1-9-8-12(16-13(9)14)11(15)7-6-10-4-2-3-5-10/h8,10-11H,2-7,15H2,1H3. The van der Waals surface area contributed by atoms with Crippen LogP contribution in [-0.4, -0.2) is 0 Å². The van der Waals surface area contributed by atoms with Crippen LogP contribution in [0.25, 0.3) is 0 Å². The van der Waals surface area contributed by atoms with Crippen molar-refractivity contribution in [3.63, 3.8) is 0 Å². The largest absolute Gasteiger partial charge is 0.323 e. The van der Waals surface area contributed by atoms with Crippen LogP contribution in [0.1, 0.15) is 55.0 Å². The SMILES string of the molecule is Cc1cc(C(N)CCC2CCCC2)sc1Cl. The Labute approximate surface area is 107 Å². The fraction of sp³-hybridized carbons (Fsp3) is 0.692. The quantitative estimate of drug-likeness (QED) is 0.833. The van der Waals surface area contributed by atoms with Gasteiger partial charge in [-0.25, -0.2) is 0 Å². The van der Waals surface area contributed by atoms with Gasteiger partial charge < -0.3 is 5.73 Å². The fourth-order valence-electron chi connectivity index (χ4n) is 2.52. The third kappa shape index (κ3) is 2.99. The lowest BCUT2D eigenvalue weighted by molar-refractivity contribution is 0.456. The van der Waals surface area contributed by atoms with E-state index in [9.17, 15) is 0 Å². The molecular formula is C13H20ClNS. The zero-order valence-corrected chi connectivity index (χ0v) is 11.4. The third-order valence-corrected chi connectivity index (χ3v) is 5.29. The molecule has 1 nitrogen and oxygen atoms in total. The number of nitrogens with two attached hydrogens (primary N) is 1. The number of rotatable bonds is 4. The summed E-state index contributed by atoms with van der Waals surface area (Å²) >= 11 is 7.71. The minimum absolute atomic E-state index is 0.191. The normalized spacial score (nSPS) is 19.2. The van der Waals surface area contributed by atoms with E-state index in [1.807, 2.05) is 6.92 Å². The molecule has 0 aliphatic heterocycles. The Kier molecular flexibility index (Phi) is 4.28. The summed E-state index contributed by atoms with van der Waals surface area (Å²) in [7, 11) is 0. The highest BCUT2D eigenvalue weighted by Crippen LogP contribution is 2.34. The number of hydrogen-bond donors (Lipinski definition) is 1. The molecule has 90 valence electrons. The van der Waals surface area contributed by atoms with Crippen molar-refractivity contribution in [1.29, 1.82) is 0 Å². The molecule has 1 saturated carbocycles. The Morgan fingerprint density at radius 2 is 2.19 bits per heavy atom. The summed E-state index contributed by atoms with van der Waals surface area (Å²) in [6.07, 6.45) is 8.07. The molecule has 1 unspecified atom stereocenters. The number of thiophene rings is 1. The smallest absolute Gasteiger partial charge is 0.0960 e. The summed E-state index contributed by atoms with van der Waals surface area (Å²) in [4.78, 5) is 1.25. The monoisotopic (exact) mass is 257 g/mol. The summed E-state index contributed by atoms with van der Waals surface area (Å²) < 4.78 is 0.895. The zero-order chi connectivity index (χ0) is 11.5. The number of hydrogen-bond acceptors (Lipinski definition) is 2. The molecule has 1 aromatic rings. The molecule has 0 amide bonds. The predicted molar refractivity (Wildman–Crippen MR) is 72.2 cm³/mol. The van der Waals surface area contributed by atoms with Crippen molar-refractivity contribution in [3.05, 3.63) is 20.8 Å². The Hall–Kier alpha value is -0.0500. The summed E-state index contributed by atoms with van der Waals surface area (Å²) in [5.74, 6) is 0.933. The second kappa shape index (κ2) is 5.52. The highest BCUT2D eigenvalue weighted by Gasteiger charge is 2.17. The molecule has 0 saturated heterocycles. The van der Waals surface area contributed by atoms with Gasteiger partial charge in [-0.2, -0.15) is 0 Å². The van der Waals surface area contributed by atoms with Crippen LogP contribution < -0.4 is 5.73 Å². The van der Waals surface area contributed by atoms with Crippen molar-refractivity contribution in [2.45, 2.75) is 51.5 Å². The molecule has 0 bridgehead atoms. The van der Waals surface area contributed by atoms with E-state index in [1.165, 1.54) is 37.0 Å². The first-order valence-electron chi connectivity index (χ1n) is 6.18. The molecule has 1 aromatic heterocycles. The minimum Gasteiger partial charge on any atom is -0.323 e. The first kappa shape index (κ1) is 12.4. The summed E-state index contributed by atoms with van der Waals surface area (Å²) in [6, 6.07) is 2.34. The van der Waals surface area contributed by atoms with Gasteiger partial charge in [0.25, 0.3) is 0 Å². The maximum atomic E-state index is 6.21. The maximum absolute atomic E-state index is 6.21. The predicted octanol–water partition coefficient (Wildman–Crippen LogP) is 4.68. The molecule has 0 radical (unpaired) electrons. The summed E-state index contributed by atoms with van der Waals surface area (Å²) in [5, 5.41) is 0. The van der Waals surface area contributed by atoms with Gasteiger partial charge >= 0.3 is 0 Å². The van der Waals surface area contributed by atoms with Crippen LogP contribution in [-0.2, 0) is 0 Å². The lowest BCUT2D eigenvalue weighted by atomic mass is 9.98. The zero-order valence-electron chi connectivity index (χ0n) is 9.84. The van der Waals surface area contributed by atoms with Gasteiger partial charge in [0.2, 0.25) is 0 Å². The average Bonchev–Trinajstić information content (AvgIpc) is 2.86. The number of aryl methyl sites for hydroxylation is 1. The van der Waals surface area contributed by atoms with Crippen LogP contribution >= 0.6 is 22.9 Å². The van der Waals surface area contributed by atoms with Crippen LogP contribution in [0, 0.1) is 12.8 Å². The van der Waals surface area contributed by atoms with Crippen molar-refractivity contribution in [1.82, 2.24) is 0 Å². The van der Waals surface area contributed by atoms with Crippen LogP contribution in [0.5, 0.6) is 0 Å². The van der Waals surface area contributed by atoms with Gasteiger partial charge in [0.15, 0.2) is 0 Å². The van der Waals surface area contributed by atoms with Gasteiger partial charge in [-0.1, -0.05) is 37.3 Å². The van der Waals surface area contributed by atoms with Crippen molar-refractivity contribution < 1.29 is 0 Å². The topological polar surface area (TPSA) is 26.0 Å². The van der Waals surface area contributed by atoms with Gasteiger partial charge in [0, 0.05) is 10.9 Å². The van der Waals surface area contributed by atoms with Crippen molar-refractivity contribution in [2.75, 3.05) is 0 Å². The highest BCUT2D eigenvalue weighted by molar-refractivity contribution is 7.16. The van der Waals surface area contributed by atoms with Crippen LogP contribution in [0.3, 0.4) is 0 Å². The van der Waals surface area contributed by atoms with E-state index in [1.54, 1.807) is 11.3 Å². The molecule has 1 heterocycles. The molecule has 2 rings (SSSR count). The summed E-state index contributed by atoms with van der Waals surface area (Å²) in [6.45, 7) is 2.05. The van der Waals surface area contributed by atoms with Crippen molar-refractivity contribution >= 4 is 22.9 Å². The van der Waals surface area contributed by atoms with Gasteiger partial charge in [0.1, 0.15) is 0 Å². The van der Waals surface area contributed by atoms with E-state index < -0.39 is 0 Å². The van der Waals surface area contributed by atoms with E-state index >= 15 is 0 Å². The van der Waals surface area contributed by atoms with Gasteiger partial charge in [-0.05, 0) is 37.3 Å². The first-order chi connectivity index (χ1) is 7.66. The molecular weight excluding hydrogens is 238 g/mol. The van der Waals surface area contributed by atoms with Crippen molar-refractivity contribution in [3.8, 4) is 0 Å². The van der Waals surface area contributed by atoms with E-state index in [-0.39, 0.29) is 6.04 Å². The molecule has 2 N–H and O–H groups in total. The average molecular weight is 258 g/mol. The van der Waals surface area contributed by atoms with Crippen LogP contribution in [0.4, 0.5) is 0 Å². The van der Waals surface area contributed by atoms with Gasteiger partial charge in [-0.15, -0.1) is 11.3 Å². The van der Waals surface area contributed by atoms with E-state index in [0.717, 1.165) is 22.2 Å². The van der Waals surface area contributed by atoms with Gasteiger partial charge in [0.05, 0.1) is 4.34 Å². The molecule has 1 fully saturated rings. The lowest BCUT2D eigenvalue weighted by Gasteiger charge is -2.13. The first-order valence-corrected chi connectivity index (χ1v) is 7.37. The molecule has 3 heteroatoms. The molecule has 1 atom stereocenters. The fourth-order valence-corrected chi connectivity index (χ4v) is 3.78. The minimum atomic E-state index is 0.191. The summed E-state index contributed by atoms with van der Waals surface area (Å²) in [5.41, 5.74) is 7.37. The maximum Gasteiger partial charge on any atom is 0.0960 e. The number of halogens is 1. The van der Waals surface area contributed by atoms with Crippen molar-refractivity contribution in [2.24, 2.45) is 11.7 Å². The highest BCUT2D eigenvalue weighted by atomic mass is 35.5.